The minimum absolute atomic E-state index is 0.000228. The van der Waals surface area contributed by atoms with Gasteiger partial charge in [0.1, 0.15) is 5.82 Å². The summed E-state index contributed by atoms with van der Waals surface area (Å²) in [5, 5.41) is 15.8. The van der Waals surface area contributed by atoms with E-state index in [1.807, 2.05) is 25.1 Å². The minimum atomic E-state index is -0.146. The Balaban J connectivity index is 2.00. The summed E-state index contributed by atoms with van der Waals surface area (Å²) in [7, 11) is 0. The van der Waals surface area contributed by atoms with Gasteiger partial charge in [-0.1, -0.05) is 12.1 Å². The summed E-state index contributed by atoms with van der Waals surface area (Å²) in [5.74, 6) is 1.14. The van der Waals surface area contributed by atoms with Crippen LogP contribution in [0, 0.1) is 13.8 Å². The van der Waals surface area contributed by atoms with Crippen LogP contribution in [-0.2, 0) is 0 Å². The van der Waals surface area contributed by atoms with Gasteiger partial charge >= 0.3 is 0 Å². The lowest BCUT2D eigenvalue weighted by molar-refractivity contribution is 0.281. The molecule has 0 aliphatic carbocycles. The molecule has 6 heteroatoms. The van der Waals surface area contributed by atoms with Gasteiger partial charge < -0.3 is 15.7 Å². The summed E-state index contributed by atoms with van der Waals surface area (Å²) >= 11 is 0. The van der Waals surface area contributed by atoms with E-state index in [1.54, 1.807) is 12.4 Å². The topological polar surface area (TPSA) is 83.0 Å². The molecule has 1 aromatic carbocycles. The lowest BCUT2D eigenvalue weighted by Crippen LogP contribution is -2.21. The zero-order valence-corrected chi connectivity index (χ0v) is 15.2. The van der Waals surface area contributed by atoms with E-state index < -0.39 is 0 Å². The molecule has 6 nitrogen and oxygen atoms in total. The van der Waals surface area contributed by atoms with Crippen LogP contribution in [0.5, 0.6) is 0 Å². The standard InChI is InChI=1S/C20H23N5O/c1-13-6-7-14(2)17(9-13)23-19-10-18(16-5-4-8-21-11-16)24-20(25-19)22-15(3)12-26/h4-11,15,26H,12H2,1-3H3,(H2,22,23,24,25)/t15-/m1/s1. The first kappa shape index (κ1) is 17.8. The van der Waals surface area contributed by atoms with Crippen molar-refractivity contribution in [2.45, 2.75) is 26.8 Å². The molecule has 0 bridgehead atoms. The Labute approximate surface area is 153 Å². The Morgan fingerprint density at radius 1 is 1.12 bits per heavy atom. The molecule has 0 saturated carbocycles. The number of aryl methyl sites for hydroxylation is 2. The third-order valence-electron chi connectivity index (χ3n) is 3.99. The third-order valence-corrected chi connectivity index (χ3v) is 3.99. The van der Waals surface area contributed by atoms with E-state index in [0.717, 1.165) is 22.5 Å². The highest BCUT2D eigenvalue weighted by Crippen LogP contribution is 2.25. The minimum Gasteiger partial charge on any atom is -0.394 e. The van der Waals surface area contributed by atoms with Crippen molar-refractivity contribution in [2.75, 3.05) is 17.2 Å². The van der Waals surface area contributed by atoms with Crippen molar-refractivity contribution in [1.82, 2.24) is 15.0 Å². The van der Waals surface area contributed by atoms with Gasteiger partial charge in [0.05, 0.1) is 12.3 Å². The number of aliphatic hydroxyl groups is 1. The van der Waals surface area contributed by atoms with Crippen molar-refractivity contribution in [3.8, 4) is 11.3 Å². The fraction of sp³-hybridized carbons (Fsp3) is 0.250. The molecule has 0 aliphatic rings. The second kappa shape index (κ2) is 7.93. The molecule has 3 rings (SSSR count). The second-order valence-electron chi connectivity index (χ2n) is 6.38. The quantitative estimate of drug-likeness (QED) is 0.629. The van der Waals surface area contributed by atoms with E-state index in [4.69, 9.17) is 0 Å². The molecule has 0 spiro atoms. The van der Waals surface area contributed by atoms with E-state index in [1.165, 1.54) is 5.56 Å². The molecule has 2 heterocycles. The molecule has 0 unspecified atom stereocenters. The number of aliphatic hydroxyl groups excluding tert-OH is 1. The van der Waals surface area contributed by atoms with Crippen LogP contribution in [0.15, 0.2) is 48.8 Å². The van der Waals surface area contributed by atoms with E-state index >= 15 is 0 Å². The Hall–Kier alpha value is -2.99. The summed E-state index contributed by atoms with van der Waals surface area (Å²) in [5.41, 5.74) is 4.97. The molecule has 26 heavy (non-hydrogen) atoms. The fourth-order valence-corrected chi connectivity index (χ4v) is 2.51. The number of nitrogens with zero attached hydrogens (tertiary/aromatic N) is 3. The van der Waals surface area contributed by atoms with Crippen molar-refractivity contribution < 1.29 is 5.11 Å². The maximum atomic E-state index is 9.31. The third kappa shape index (κ3) is 4.34. The SMILES string of the molecule is Cc1ccc(C)c(Nc2cc(-c3cccnc3)nc(N[C@H](C)CO)n2)c1. The Morgan fingerprint density at radius 3 is 2.69 bits per heavy atom. The lowest BCUT2D eigenvalue weighted by Gasteiger charge is -2.15. The van der Waals surface area contributed by atoms with Crippen LogP contribution in [-0.4, -0.2) is 32.7 Å². The molecule has 0 amide bonds. The van der Waals surface area contributed by atoms with Crippen LogP contribution in [0.1, 0.15) is 18.1 Å². The number of hydrogen-bond donors (Lipinski definition) is 3. The predicted molar refractivity (Wildman–Crippen MR) is 105 cm³/mol. The van der Waals surface area contributed by atoms with Crippen molar-refractivity contribution in [1.29, 1.82) is 0 Å². The summed E-state index contributed by atoms with van der Waals surface area (Å²) in [6.45, 7) is 5.98. The van der Waals surface area contributed by atoms with Gasteiger partial charge in [-0.3, -0.25) is 4.98 Å². The van der Waals surface area contributed by atoms with Crippen molar-refractivity contribution in [2.24, 2.45) is 0 Å². The number of benzene rings is 1. The second-order valence-corrected chi connectivity index (χ2v) is 6.38. The van der Waals surface area contributed by atoms with Gasteiger partial charge in [0.25, 0.3) is 0 Å². The Bertz CT molecular complexity index is 883. The molecule has 0 aliphatic heterocycles. The normalized spacial score (nSPS) is 11.8. The van der Waals surface area contributed by atoms with E-state index in [2.05, 4.69) is 57.6 Å². The van der Waals surface area contributed by atoms with E-state index in [0.29, 0.717) is 11.8 Å². The van der Waals surface area contributed by atoms with Crippen molar-refractivity contribution >= 4 is 17.5 Å². The van der Waals surface area contributed by atoms with Crippen LogP contribution in [0.3, 0.4) is 0 Å². The number of anilines is 3. The largest absolute Gasteiger partial charge is 0.394 e. The summed E-state index contributed by atoms with van der Waals surface area (Å²) in [6.07, 6.45) is 3.50. The molecule has 134 valence electrons. The highest BCUT2D eigenvalue weighted by Gasteiger charge is 2.10. The predicted octanol–water partition coefficient (Wildman–Crippen LogP) is 3.69. The van der Waals surface area contributed by atoms with E-state index in [9.17, 15) is 5.11 Å². The molecular weight excluding hydrogens is 326 g/mol. The molecular formula is C20H23N5O. The number of aromatic nitrogens is 3. The average molecular weight is 349 g/mol. The monoisotopic (exact) mass is 349 g/mol. The highest BCUT2D eigenvalue weighted by atomic mass is 16.3. The molecule has 2 aromatic heterocycles. The van der Waals surface area contributed by atoms with Crippen LogP contribution in [0.2, 0.25) is 0 Å². The molecule has 1 atom stereocenters. The zero-order valence-electron chi connectivity index (χ0n) is 15.2. The van der Waals surface area contributed by atoms with Gasteiger partial charge in [0, 0.05) is 35.8 Å². The van der Waals surface area contributed by atoms with Gasteiger partial charge in [0.2, 0.25) is 5.95 Å². The first-order chi connectivity index (χ1) is 12.5. The maximum absolute atomic E-state index is 9.31. The van der Waals surface area contributed by atoms with E-state index in [-0.39, 0.29) is 12.6 Å². The van der Waals surface area contributed by atoms with Gasteiger partial charge in [-0.2, -0.15) is 4.98 Å². The molecule has 3 N–H and O–H groups in total. The number of pyridine rings is 1. The number of hydrogen-bond acceptors (Lipinski definition) is 6. The van der Waals surface area contributed by atoms with Gasteiger partial charge in [-0.05, 0) is 50.1 Å². The maximum Gasteiger partial charge on any atom is 0.225 e. The molecule has 0 fully saturated rings. The average Bonchev–Trinajstić information content (AvgIpc) is 2.65. The smallest absolute Gasteiger partial charge is 0.225 e. The van der Waals surface area contributed by atoms with Gasteiger partial charge in [-0.25, -0.2) is 4.98 Å². The van der Waals surface area contributed by atoms with Crippen LogP contribution >= 0.6 is 0 Å². The van der Waals surface area contributed by atoms with Gasteiger partial charge in [0.15, 0.2) is 0 Å². The van der Waals surface area contributed by atoms with Crippen LogP contribution in [0.25, 0.3) is 11.3 Å². The Kier molecular flexibility index (Phi) is 5.43. The molecule has 3 aromatic rings. The number of rotatable bonds is 6. The highest BCUT2D eigenvalue weighted by molar-refractivity contribution is 5.68. The summed E-state index contributed by atoms with van der Waals surface area (Å²) < 4.78 is 0. The summed E-state index contributed by atoms with van der Waals surface area (Å²) in [6, 6.07) is 11.8. The molecule has 0 saturated heterocycles. The number of nitrogens with one attached hydrogen (secondary N) is 2. The van der Waals surface area contributed by atoms with Gasteiger partial charge in [-0.15, -0.1) is 0 Å². The summed E-state index contributed by atoms with van der Waals surface area (Å²) in [4.78, 5) is 13.3. The van der Waals surface area contributed by atoms with Crippen LogP contribution in [0.4, 0.5) is 17.5 Å². The zero-order chi connectivity index (χ0) is 18.5. The van der Waals surface area contributed by atoms with Crippen molar-refractivity contribution in [3.05, 3.63) is 59.9 Å². The first-order valence-corrected chi connectivity index (χ1v) is 8.56. The van der Waals surface area contributed by atoms with Crippen molar-refractivity contribution in [3.63, 3.8) is 0 Å². The first-order valence-electron chi connectivity index (χ1n) is 8.56. The Morgan fingerprint density at radius 2 is 1.96 bits per heavy atom. The van der Waals surface area contributed by atoms with Crippen LogP contribution < -0.4 is 10.6 Å². The fourth-order valence-electron chi connectivity index (χ4n) is 2.51. The lowest BCUT2D eigenvalue weighted by atomic mass is 10.1. The molecule has 0 radical (unpaired) electrons.